The van der Waals surface area contributed by atoms with E-state index in [-0.39, 0.29) is 17.5 Å². The molecule has 0 fully saturated rings. The van der Waals surface area contributed by atoms with Gasteiger partial charge in [-0.05, 0) is 25.5 Å². The Kier molecular flexibility index (Phi) is 5.90. The highest BCUT2D eigenvalue weighted by atomic mass is 16.5. The topological polar surface area (TPSA) is 43.4 Å². The number of benzene rings is 2. The molecule has 0 heterocycles. The lowest BCUT2D eigenvalue weighted by Crippen LogP contribution is -2.20. The van der Waals surface area contributed by atoms with Gasteiger partial charge in [0.05, 0.1) is 12.5 Å². The van der Waals surface area contributed by atoms with Crippen LogP contribution in [0.4, 0.5) is 0 Å². The lowest BCUT2D eigenvalue weighted by molar-refractivity contribution is -0.121. The van der Waals surface area contributed by atoms with Gasteiger partial charge in [-0.15, -0.1) is 0 Å². The molecule has 114 valence electrons. The maximum atomic E-state index is 12.1. The van der Waals surface area contributed by atoms with Crippen LogP contribution in [0.2, 0.25) is 0 Å². The summed E-state index contributed by atoms with van der Waals surface area (Å²) < 4.78 is 5.64. The van der Waals surface area contributed by atoms with Crippen LogP contribution in [0.25, 0.3) is 0 Å². The summed E-state index contributed by atoms with van der Waals surface area (Å²) in [6, 6.07) is 18.5. The summed E-state index contributed by atoms with van der Waals surface area (Å²) >= 11 is 0. The number of carbonyl (C=O) groups excluding carboxylic acids is 2. The van der Waals surface area contributed by atoms with E-state index in [0.29, 0.717) is 25.0 Å². The number of carbonyl (C=O) groups is 2. The van der Waals surface area contributed by atoms with E-state index in [1.165, 1.54) is 0 Å². The molecule has 2 aromatic rings. The number of rotatable bonds is 8. The van der Waals surface area contributed by atoms with Gasteiger partial charge in [0.15, 0.2) is 5.78 Å². The van der Waals surface area contributed by atoms with Gasteiger partial charge in [-0.2, -0.15) is 0 Å². The zero-order valence-corrected chi connectivity index (χ0v) is 12.7. The zero-order valence-electron chi connectivity index (χ0n) is 12.7. The molecule has 3 heteroatoms. The number of hydrogen-bond donors (Lipinski definition) is 0. The average molecular weight is 296 g/mol. The van der Waals surface area contributed by atoms with Crippen molar-refractivity contribution in [2.75, 3.05) is 6.61 Å². The summed E-state index contributed by atoms with van der Waals surface area (Å²) in [6.07, 6.45) is 0.863. The molecule has 0 aliphatic rings. The van der Waals surface area contributed by atoms with Crippen LogP contribution in [0.3, 0.4) is 0 Å². The predicted octanol–water partition coefficient (Wildman–Crippen LogP) is 3.93. The third kappa shape index (κ3) is 4.85. The third-order valence-electron chi connectivity index (χ3n) is 3.58. The van der Waals surface area contributed by atoms with Crippen LogP contribution in [-0.2, 0) is 4.79 Å². The van der Waals surface area contributed by atoms with Gasteiger partial charge in [-0.1, -0.05) is 48.5 Å². The van der Waals surface area contributed by atoms with Crippen LogP contribution in [-0.4, -0.2) is 18.2 Å². The summed E-state index contributed by atoms with van der Waals surface area (Å²) in [7, 11) is 0. The maximum absolute atomic E-state index is 12.1. The van der Waals surface area contributed by atoms with E-state index in [9.17, 15) is 9.59 Å². The van der Waals surface area contributed by atoms with Crippen molar-refractivity contribution in [1.82, 2.24) is 0 Å². The molecule has 0 aliphatic heterocycles. The van der Waals surface area contributed by atoms with Crippen molar-refractivity contribution in [3.63, 3.8) is 0 Å². The monoisotopic (exact) mass is 296 g/mol. The Bertz CT molecular complexity index is 605. The Hall–Kier alpha value is -2.42. The van der Waals surface area contributed by atoms with Crippen molar-refractivity contribution in [3.05, 3.63) is 66.2 Å². The molecule has 2 rings (SSSR count). The molecule has 2 aromatic carbocycles. The van der Waals surface area contributed by atoms with Crippen LogP contribution in [0, 0.1) is 5.92 Å². The Morgan fingerprint density at radius 2 is 1.55 bits per heavy atom. The van der Waals surface area contributed by atoms with Gasteiger partial charge in [0.25, 0.3) is 0 Å². The smallest absolute Gasteiger partial charge is 0.162 e. The lowest BCUT2D eigenvalue weighted by Gasteiger charge is -2.14. The van der Waals surface area contributed by atoms with Gasteiger partial charge in [0.1, 0.15) is 11.5 Å². The minimum absolute atomic E-state index is 0.0526. The zero-order chi connectivity index (χ0) is 15.8. The second-order valence-electron chi connectivity index (χ2n) is 5.26. The van der Waals surface area contributed by atoms with E-state index in [1.807, 2.05) is 48.5 Å². The minimum Gasteiger partial charge on any atom is -0.493 e. The first-order chi connectivity index (χ1) is 10.7. The quantitative estimate of drug-likeness (QED) is 0.693. The van der Waals surface area contributed by atoms with Gasteiger partial charge in [0, 0.05) is 12.0 Å². The highest BCUT2D eigenvalue weighted by molar-refractivity contribution is 5.96. The molecule has 0 aromatic heterocycles. The Balaban J connectivity index is 1.87. The first-order valence-corrected chi connectivity index (χ1v) is 7.43. The molecule has 0 saturated carbocycles. The minimum atomic E-state index is -0.257. The Morgan fingerprint density at radius 1 is 0.955 bits per heavy atom. The van der Waals surface area contributed by atoms with Gasteiger partial charge >= 0.3 is 0 Å². The van der Waals surface area contributed by atoms with Gasteiger partial charge in [0.2, 0.25) is 0 Å². The molecule has 1 unspecified atom stereocenters. The number of para-hydroxylation sites is 1. The fourth-order valence-electron chi connectivity index (χ4n) is 2.19. The summed E-state index contributed by atoms with van der Waals surface area (Å²) in [5, 5.41) is 0. The van der Waals surface area contributed by atoms with E-state index in [4.69, 9.17) is 4.74 Å². The highest BCUT2D eigenvalue weighted by Gasteiger charge is 2.17. The van der Waals surface area contributed by atoms with Gasteiger partial charge in [-0.25, -0.2) is 0 Å². The van der Waals surface area contributed by atoms with Crippen molar-refractivity contribution in [3.8, 4) is 5.75 Å². The van der Waals surface area contributed by atoms with Gasteiger partial charge in [-0.3, -0.25) is 9.59 Å². The van der Waals surface area contributed by atoms with Gasteiger partial charge < -0.3 is 4.74 Å². The molecule has 0 amide bonds. The molecule has 3 nitrogen and oxygen atoms in total. The van der Waals surface area contributed by atoms with E-state index in [0.717, 1.165) is 5.75 Å². The van der Waals surface area contributed by atoms with Crippen molar-refractivity contribution < 1.29 is 14.3 Å². The summed E-state index contributed by atoms with van der Waals surface area (Å²) in [5.41, 5.74) is 0.689. The third-order valence-corrected chi connectivity index (χ3v) is 3.58. The number of ketones is 2. The van der Waals surface area contributed by atoms with Crippen LogP contribution >= 0.6 is 0 Å². The number of Topliss-reactive ketones (excluding diaryl/α,β-unsaturated/α-hetero) is 2. The largest absolute Gasteiger partial charge is 0.493 e. The first-order valence-electron chi connectivity index (χ1n) is 7.43. The van der Waals surface area contributed by atoms with E-state index < -0.39 is 0 Å². The van der Waals surface area contributed by atoms with E-state index in [1.54, 1.807) is 19.1 Å². The maximum Gasteiger partial charge on any atom is 0.162 e. The molecular weight excluding hydrogens is 276 g/mol. The molecule has 22 heavy (non-hydrogen) atoms. The van der Waals surface area contributed by atoms with E-state index >= 15 is 0 Å². The number of ether oxygens (including phenoxy) is 1. The van der Waals surface area contributed by atoms with Crippen molar-refractivity contribution in [2.45, 2.75) is 19.8 Å². The van der Waals surface area contributed by atoms with Crippen molar-refractivity contribution in [1.29, 1.82) is 0 Å². The molecule has 0 aliphatic carbocycles. The second-order valence-corrected chi connectivity index (χ2v) is 5.26. The van der Waals surface area contributed by atoms with Crippen LogP contribution in [0.1, 0.15) is 30.1 Å². The fraction of sp³-hybridized carbons (Fsp3) is 0.263. The lowest BCUT2D eigenvalue weighted by atomic mass is 9.96. The highest BCUT2D eigenvalue weighted by Crippen LogP contribution is 2.15. The van der Waals surface area contributed by atoms with Crippen molar-refractivity contribution >= 4 is 11.6 Å². The fourth-order valence-corrected chi connectivity index (χ4v) is 2.19. The van der Waals surface area contributed by atoms with Crippen LogP contribution < -0.4 is 4.74 Å². The second kappa shape index (κ2) is 8.13. The van der Waals surface area contributed by atoms with Crippen molar-refractivity contribution in [2.24, 2.45) is 5.92 Å². The molecule has 1 atom stereocenters. The summed E-state index contributed by atoms with van der Waals surface area (Å²) in [6.45, 7) is 1.85. The SMILES string of the molecule is CC(=O)C(CCC(=O)c1ccccc1)COc1ccccc1. The normalized spacial score (nSPS) is 11.7. The first kappa shape index (κ1) is 16.0. The predicted molar refractivity (Wildman–Crippen MR) is 86.1 cm³/mol. The Labute approximate surface area is 130 Å². The average Bonchev–Trinajstić information content (AvgIpc) is 2.56. The summed E-state index contributed by atoms with van der Waals surface area (Å²) in [5.74, 6) is 0.597. The summed E-state index contributed by atoms with van der Waals surface area (Å²) in [4.78, 5) is 23.8. The molecule has 0 N–H and O–H groups in total. The molecule has 0 bridgehead atoms. The molecular formula is C19H20O3. The standard InChI is InChI=1S/C19H20O3/c1-15(20)17(14-22-18-10-6-3-7-11-18)12-13-19(21)16-8-4-2-5-9-16/h2-11,17H,12-14H2,1H3. The van der Waals surface area contributed by atoms with E-state index in [2.05, 4.69) is 0 Å². The molecule has 0 saturated heterocycles. The number of hydrogen-bond acceptors (Lipinski definition) is 3. The molecule has 0 radical (unpaired) electrons. The van der Waals surface area contributed by atoms with Crippen LogP contribution in [0.5, 0.6) is 5.75 Å². The molecule has 0 spiro atoms. The van der Waals surface area contributed by atoms with Crippen LogP contribution in [0.15, 0.2) is 60.7 Å². The Morgan fingerprint density at radius 3 is 2.14 bits per heavy atom.